The van der Waals surface area contributed by atoms with E-state index >= 15 is 0 Å². The fourth-order valence-corrected chi connectivity index (χ4v) is 8.53. The highest BCUT2D eigenvalue weighted by Gasteiger charge is 2.32. The van der Waals surface area contributed by atoms with Crippen molar-refractivity contribution >= 4 is 50.1 Å². The second-order valence-electron chi connectivity index (χ2n) is 10.7. The van der Waals surface area contributed by atoms with E-state index in [1.54, 1.807) is 42.5 Å². The molecule has 41 heavy (non-hydrogen) atoms. The van der Waals surface area contributed by atoms with Gasteiger partial charge in [-0.2, -0.15) is 8.42 Å². The highest BCUT2D eigenvalue weighted by atomic mass is 32.2. The number of aromatic nitrogens is 2. The highest BCUT2D eigenvalue weighted by molar-refractivity contribution is 8.00. The van der Waals surface area contributed by atoms with Crippen LogP contribution < -0.4 is 14.2 Å². The number of anilines is 2. The molecule has 1 saturated heterocycles. The van der Waals surface area contributed by atoms with E-state index in [0.717, 1.165) is 49.7 Å². The van der Waals surface area contributed by atoms with Gasteiger partial charge in [0.2, 0.25) is 5.91 Å². The topological polar surface area (TPSA) is 89.4 Å². The van der Waals surface area contributed by atoms with Gasteiger partial charge in [-0.15, -0.1) is 3.97 Å². The molecule has 0 bridgehead atoms. The number of rotatable bonds is 8. The average molecular weight is 591 g/mol. The summed E-state index contributed by atoms with van der Waals surface area (Å²) in [7, 11) is -3.86. The van der Waals surface area contributed by atoms with Crippen molar-refractivity contribution in [1.82, 2.24) is 9.88 Å². The second-order valence-corrected chi connectivity index (χ2v) is 13.5. The summed E-state index contributed by atoms with van der Waals surface area (Å²) in [5.41, 5.74) is 3.12. The quantitative estimate of drug-likeness (QED) is 0.225. The lowest BCUT2D eigenvalue weighted by Crippen LogP contribution is -2.50. The molecule has 1 amide bonds. The van der Waals surface area contributed by atoms with E-state index in [4.69, 9.17) is 0 Å². The van der Waals surface area contributed by atoms with Crippen LogP contribution in [0.25, 0.3) is 11.0 Å². The van der Waals surface area contributed by atoms with Gasteiger partial charge in [-0.25, -0.2) is 4.98 Å². The number of aromatic amines is 1. The number of para-hydroxylation sites is 2. The van der Waals surface area contributed by atoms with Crippen molar-refractivity contribution < 1.29 is 17.2 Å². The Morgan fingerprint density at radius 3 is 2.29 bits per heavy atom. The van der Waals surface area contributed by atoms with E-state index in [1.807, 2.05) is 24.3 Å². The van der Waals surface area contributed by atoms with Gasteiger partial charge in [0, 0.05) is 43.6 Å². The summed E-state index contributed by atoms with van der Waals surface area (Å²) in [6, 6.07) is 24.3. The molecule has 0 radical (unpaired) electrons. The minimum Gasteiger partial charge on any atom is -0.369 e. The third kappa shape index (κ3) is 6.14. The maximum absolute atomic E-state index is 13.5. The minimum atomic E-state index is -3.86. The summed E-state index contributed by atoms with van der Waals surface area (Å²) in [6.45, 7) is 4.26. The molecule has 0 unspecified atom stereocenters. The number of benzene rings is 3. The van der Waals surface area contributed by atoms with Crippen molar-refractivity contribution in [3.05, 3.63) is 78.9 Å². The molecule has 0 atom stereocenters. The molecule has 1 aliphatic heterocycles. The molecule has 1 aliphatic carbocycles. The monoisotopic (exact) mass is 590 g/mol. The smallest absolute Gasteiger partial charge is 0.336 e. The Labute approximate surface area is 245 Å². The zero-order valence-electron chi connectivity index (χ0n) is 23.0. The third-order valence-electron chi connectivity index (χ3n) is 8.09. The number of carbonyl (C=O) groups is 1. The number of imidazole rings is 1. The number of carbonyl (C=O) groups excluding carboxylic acids is 1. The fourth-order valence-electron chi connectivity index (χ4n) is 5.94. The standard InChI is InChI=1S/C31H35N5O3S2/c37-30(32-24-15-17-26(18-16-24)35-21-19-34(20-22-35)25-9-3-1-4-10-25)23-40-31-33-28-13-7-8-14-29(28)36(31)41(38,39)27-11-5-2-6-12-27/h2,5-8,11-18,25H,1,3-4,9-10,19-23H2,(H,32,37)/p+1. The van der Waals surface area contributed by atoms with Gasteiger partial charge in [-0.1, -0.05) is 49.6 Å². The summed E-state index contributed by atoms with van der Waals surface area (Å²) in [4.78, 5) is 21.4. The third-order valence-corrected chi connectivity index (χ3v) is 10.9. The number of nitrogens with one attached hydrogen (secondary N) is 2. The van der Waals surface area contributed by atoms with E-state index in [-0.39, 0.29) is 16.6 Å². The van der Waals surface area contributed by atoms with Crippen molar-refractivity contribution in [3.8, 4) is 0 Å². The SMILES string of the molecule is O=C(CSc1[nH]c2ccccc2[n+]1S(=O)(=O)c1ccccc1)Nc1ccc(N2CCN(C3CCCCC3)CC2)cc1. The average Bonchev–Trinajstić information content (AvgIpc) is 3.41. The van der Waals surface area contributed by atoms with E-state index in [2.05, 4.69) is 32.2 Å². The Bertz CT molecular complexity index is 1590. The molecule has 3 aromatic carbocycles. The first kappa shape index (κ1) is 27.8. The zero-order valence-corrected chi connectivity index (χ0v) is 24.7. The summed E-state index contributed by atoms with van der Waals surface area (Å²) in [5.74, 6) is -0.145. The first-order chi connectivity index (χ1) is 20.0. The summed E-state index contributed by atoms with van der Waals surface area (Å²) < 4.78 is 28.4. The molecule has 10 heteroatoms. The highest BCUT2D eigenvalue weighted by Crippen LogP contribution is 2.26. The number of thioether (sulfide) groups is 1. The van der Waals surface area contributed by atoms with Gasteiger partial charge in [0.05, 0.1) is 5.75 Å². The number of hydrogen-bond donors (Lipinski definition) is 2. The maximum Gasteiger partial charge on any atom is 0.336 e. The molecule has 2 fully saturated rings. The number of nitrogens with zero attached hydrogens (tertiary/aromatic N) is 3. The molecule has 1 saturated carbocycles. The molecule has 4 aromatic rings. The number of hydrogen-bond acceptors (Lipinski definition) is 6. The van der Waals surface area contributed by atoms with Crippen molar-refractivity contribution in [2.75, 3.05) is 42.1 Å². The summed E-state index contributed by atoms with van der Waals surface area (Å²) in [6.07, 6.45) is 6.80. The van der Waals surface area contributed by atoms with Gasteiger partial charge in [0.15, 0.2) is 11.0 Å². The van der Waals surface area contributed by atoms with Crippen molar-refractivity contribution in [2.24, 2.45) is 0 Å². The Hall–Kier alpha value is -3.34. The van der Waals surface area contributed by atoms with Crippen LogP contribution >= 0.6 is 11.8 Å². The molecule has 1 aromatic heterocycles. The molecule has 214 valence electrons. The molecule has 2 aliphatic rings. The van der Waals surface area contributed by atoms with Gasteiger partial charge in [0.25, 0.3) is 0 Å². The van der Waals surface area contributed by atoms with E-state index in [1.165, 1.54) is 41.8 Å². The van der Waals surface area contributed by atoms with Crippen molar-refractivity contribution in [2.45, 2.75) is 48.2 Å². The van der Waals surface area contributed by atoms with Crippen LogP contribution in [0.2, 0.25) is 0 Å². The number of fused-ring (bicyclic) bond motifs is 1. The molecular weight excluding hydrogens is 555 g/mol. The van der Waals surface area contributed by atoms with E-state index < -0.39 is 10.0 Å². The fraction of sp³-hybridized carbons (Fsp3) is 0.355. The lowest BCUT2D eigenvalue weighted by atomic mass is 9.94. The van der Waals surface area contributed by atoms with Gasteiger partial charge in [0.1, 0.15) is 4.90 Å². The normalized spacial score (nSPS) is 17.1. The Kier molecular flexibility index (Phi) is 8.32. The van der Waals surface area contributed by atoms with Crippen LogP contribution in [0.5, 0.6) is 0 Å². The molecule has 2 N–H and O–H groups in total. The Morgan fingerprint density at radius 1 is 0.878 bits per heavy atom. The first-order valence-electron chi connectivity index (χ1n) is 14.3. The largest absolute Gasteiger partial charge is 0.369 e. The second kappa shape index (κ2) is 12.3. The molecule has 6 rings (SSSR count). The van der Waals surface area contributed by atoms with Gasteiger partial charge in [-0.05, 0) is 73.1 Å². The van der Waals surface area contributed by atoms with Crippen LogP contribution in [0.3, 0.4) is 0 Å². The molecule has 0 spiro atoms. The predicted molar refractivity (Wildman–Crippen MR) is 164 cm³/mol. The number of amides is 1. The van der Waals surface area contributed by atoms with E-state index in [9.17, 15) is 13.2 Å². The van der Waals surface area contributed by atoms with Crippen LogP contribution in [0.15, 0.2) is 88.9 Å². The van der Waals surface area contributed by atoms with Crippen molar-refractivity contribution in [3.63, 3.8) is 0 Å². The first-order valence-corrected chi connectivity index (χ1v) is 16.8. The molecule has 2 heterocycles. The lowest BCUT2D eigenvalue weighted by Gasteiger charge is -2.41. The van der Waals surface area contributed by atoms with Crippen molar-refractivity contribution in [1.29, 1.82) is 0 Å². The van der Waals surface area contributed by atoms with Gasteiger partial charge < -0.3 is 10.2 Å². The predicted octanol–water partition coefficient (Wildman–Crippen LogP) is 4.88. The van der Waals surface area contributed by atoms with Crippen LogP contribution in [0.4, 0.5) is 11.4 Å². The lowest BCUT2D eigenvalue weighted by molar-refractivity contribution is -0.526. The van der Waals surface area contributed by atoms with E-state index in [0.29, 0.717) is 16.2 Å². The Balaban J connectivity index is 1.08. The van der Waals surface area contributed by atoms with Crippen LogP contribution in [-0.2, 0) is 14.8 Å². The minimum absolute atomic E-state index is 0.0575. The number of piperazine rings is 1. The number of H-pyrrole nitrogens is 1. The molecule has 8 nitrogen and oxygen atoms in total. The summed E-state index contributed by atoms with van der Waals surface area (Å²) in [5, 5.41) is 3.34. The van der Waals surface area contributed by atoms with Crippen LogP contribution in [0.1, 0.15) is 32.1 Å². The maximum atomic E-state index is 13.5. The summed E-state index contributed by atoms with van der Waals surface area (Å²) >= 11 is 1.16. The van der Waals surface area contributed by atoms with Crippen LogP contribution in [-0.4, -0.2) is 62.2 Å². The van der Waals surface area contributed by atoms with Gasteiger partial charge in [-0.3, -0.25) is 9.69 Å². The van der Waals surface area contributed by atoms with Crippen LogP contribution in [0, 0.1) is 0 Å². The zero-order chi connectivity index (χ0) is 28.2. The molecular formula is C31H36N5O3S2+. The van der Waals surface area contributed by atoms with Gasteiger partial charge >= 0.3 is 15.2 Å². The Morgan fingerprint density at radius 2 is 1.56 bits per heavy atom.